The second-order valence-electron chi connectivity index (χ2n) is 5.79. The number of fused-ring (bicyclic) bond motifs is 1. The van der Waals surface area contributed by atoms with Crippen LogP contribution in [0.15, 0.2) is 47.2 Å². The minimum atomic E-state index is 0.406. The Morgan fingerprint density at radius 1 is 1.09 bits per heavy atom. The van der Waals surface area contributed by atoms with Gasteiger partial charge in [0.1, 0.15) is 0 Å². The van der Waals surface area contributed by atoms with Crippen LogP contribution >= 0.6 is 22.7 Å². The molecular weight excluding hydrogens is 308 g/mol. The van der Waals surface area contributed by atoms with E-state index in [1.54, 1.807) is 11.3 Å². The van der Waals surface area contributed by atoms with Gasteiger partial charge in [-0.15, -0.1) is 11.3 Å². The van der Waals surface area contributed by atoms with E-state index in [2.05, 4.69) is 57.4 Å². The molecule has 22 heavy (non-hydrogen) atoms. The Kier molecular flexibility index (Phi) is 4.26. The highest BCUT2D eigenvalue weighted by molar-refractivity contribution is 7.19. The molecule has 0 amide bonds. The van der Waals surface area contributed by atoms with Crippen molar-refractivity contribution in [1.82, 2.24) is 10.2 Å². The van der Waals surface area contributed by atoms with E-state index in [0.717, 1.165) is 19.6 Å². The number of hydrogen-bond acceptors (Lipinski definition) is 4. The largest absolute Gasteiger partial charge is 0.315 e. The van der Waals surface area contributed by atoms with Gasteiger partial charge in [-0.05, 0) is 52.9 Å². The highest BCUT2D eigenvalue weighted by Gasteiger charge is 2.25. The van der Waals surface area contributed by atoms with E-state index in [9.17, 15) is 0 Å². The Hall–Kier alpha value is -1.20. The van der Waals surface area contributed by atoms with Gasteiger partial charge in [-0.2, -0.15) is 11.3 Å². The zero-order valence-corrected chi connectivity index (χ0v) is 14.1. The fraction of sp³-hybridized carbons (Fsp3) is 0.333. The Labute approximate surface area is 139 Å². The zero-order chi connectivity index (χ0) is 14.8. The third-order valence-corrected chi connectivity index (χ3v) is 6.18. The minimum Gasteiger partial charge on any atom is -0.315 e. The Bertz CT molecular complexity index is 691. The Morgan fingerprint density at radius 3 is 2.91 bits per heavy atom. The monoisotopic (exact) mass is 328 g/mol. The predicted octanol–water partition coefficient (Wildman–Crippen LogP) is 4.35. The zero-order valence-electron chi connectivity index (χ0n) is 12.5. The molecule has 3 aromatic rings. The summed E-state index contributed by atoms with van der Waals surface area (Å²) in [7, 11) is 0. The molecule has 2 nitrogen and oxygen atoms in total. The van der Waals surface area contributed by atoms with E-state index >= 15 is 0 Å². The van der Waals surface area contributed by atoms with Gasteiger partial charge in [0, 0.05) is 29.2 Å². The first kappa shape index (κ1) is 14.4. The predicted molar refractivity (Wildman–Crippen MR) is 97.0 cm³/mol. The molecule has 0 spiro atoms. The van der Waals surface area contributed by atoms with Crippen LogP contribution in [0.1, 0.15) is 22.9 Å². The molecule has 1 fully saturated rings. The molecule has 0 bridgehead atoms. The van der Waals surface area contributed by atoms with Crippen molar-refractivity contribution in [2.24, 2.45) is 0 Å². The van der Waals surface area contributed by atoms with Crippen LogP contribution in [0.4, 0.5) is 0 Å². The molecule has 0 aliphatic carbocycles. The van der Waals surface area contributed by atoms with E-state index < -0.39 is 0 Å². The molecule has 4 heteroatoms. The van der Waals surface area contributed by atoms with E-state index in [4.69, 9.17) is 0 Å². The quantitative estimate of drug-likeness (QED) is 0.769. The summed E-state index contributed by atoms with van der Waals surface area (Å²) in [6.45, 7) is 4.52. The third kappa shape index (κ3) is 2.84. The SMILES string of the molecule is c1ccc2sc(C(c3ccsc3)N3CCCNCC3)cc2c1. The summed E-state index contributed by atoms with van der Waals surface area (Å²) in [4.78, 5) is 4.12. The lowest BCUT2D eigenvalue weighted by Crippen LogP contribution is -2.32. The van der Waals surface area contributed by atoms with Crippen LogP contribution < -0.4 is 5.32 Å². The molecule has 1 unspecified atom stereocenters. The maximum absolute atomic E-state index is 3.52. The van der Waals surface area contributed by atoms with Gasteiger partial charge >= 0.3 is 0 Å². The number of thiophene rings is 2. The first-order valence-electron chi connectivity index (χ1n) is 7.87. The van der Waals surface area contributed by atoms with Crippen LogP contribution in [0.5, 0.6) is 0 Å². The lowest BCUT2D eigenvalue weighted by molar-refractivity contribution is 0.244. The summed E-state index contributed by atoms with van der Waals surface area (Å²) in [5.74, 6) is 0. The van der Waals surface area contributed by atoms with Gasteiger partial charge in [0.15, 0.2) is 0 Å². The van der Waals surface area contributed by atoms with E-state index in [-0.39, 0.29) is 0 Å². The molecule has 1 aliphatic heterocycles. The summed E-state index contributed by atoms with van der Waals surface area (Å²) in [5, 5.41) is 9.40. The summed E-state index contributed by atoms with van der Waals surface area (Å²) in [5.41, 5.74) is 1.44. The summed E-state index contributed by atoms with van der Waals surface area (Å²) < 4.78 is 1.39. The summed E-state index contributed by atoms with van der Waals surface area (Å²) in [6, 6.07) is 13.8. The molecule has 114 valence electrons. The van der Waals surface area contributed by atoms with Gasteiger partial charge in [0.05, 0.1) is 6.04 Å². The number of hydrogen-bond donors (Lipinski definition) is 1. The van der Waals surface area contributed by atoms with E-state index in [1.807, 2.05) is 11.3 Å². The lowest BCUT2D eigenvalue weighted by atomic mass is 10.1. The maximum atomic E-state index is 3.52. The highest BCUT2D eigenvalue weighted by Crippen LogP contribution is 2.37. The van der Waals surface area contributed by atoms with Crippen LogP contribution in [-0.4, -0.2) is 31.1 Å². The van der Waals surface area contributed by atoms with Crippen LogP contribution in [0, 0.1) is 0 Å². The van der Waals surface area contributed by atoms with Crippen molar-refractivity contribution < 1.29 is 0 Å². The molecule has 1 saturated heterocycles. The molecule has 1 atom stereocenters. The Morgan fingerprint density at radius 2 is 2.05 bits per heavy atom. The summed E-state index contributed by atoms with van der Waals surface area (Å²) >= 11 is 3.75. The van der Waals surface area contributed by atoms with Gasteiger partial charge in [-0.1, -0.05) is 18.2 Å². The normalized spacial score (nSPS) is 18.4. The van der Waals surface area contributed by atoms with Gasteiger partial charge in [0.25, 0.3) is 0 Å². The second kappa shape index (κ2) is 6.50. The van der Waals surface area contributed by atoms with E-state index in [1.165, 1.54) is 33.5 Å². The maximum Gasteiger partial charge on any atom is 0.0705 e. The van der Waals surface area contributed by atoms with Crippen molar-refractivity contribution in [2.45, 2.75) is 12.5 Å². The van der Waals surface area contributed by atoms with Crippen molar-refractivity contribution in [3.8, 4) is 0 Å². The van der Waals surface area contributed by atoms with Crippen molar-refractivity contribution >= 4 is 32.8 Å². The average molecular weight is 329 g/mol. The first-order valence-corrected chi connectivity index (χ1v) is 9.63. The third-order valence-electron chi connectivity index (χ3n) is 4.31. The second-order valence-corrected chi connectivity index (χ2v) is 7.68. The van der Waals surface area contributed by atoms with Gasteiger partial charge in [-0.3, -0.25) is 4.90 Å². The van der Waals surface area contributed by atoms with Crippen LogP contribution in [0.2, 0.25) is 0 Å². The molecular formula is C18H20N2S2. The molecule has 3 heterocycles. The average Bonchev–Trinajstić information content (AvgIpc) is 3.13. The van der Waals surface area contributed by atoms with Crippen molar-refractivity contribution in [2.75, 3.05) is 26.2 Å². The number of nitrogens with zero attached hydrogens (tertiary/aromatic N) is 1. The molecule has 4 rings (SSSR count). The first-order chi connectivity index (χ1) is 10.9. The molecule has 1 aromatic carbocycles. The summed E-state index contributed by atoms with van der Waals surface area (Å²) in [6.07, 6.45) is 1.23. The molecule has 0 radical (unpaired) electrons. The van der Waals surface area contributed by atoms with Crippen LogP contribution in [0.25, 0.3) is 10.1 Å². The van der Waals surface area contributed by atoms with Crippen LogP contribution in [-0.2, 0) is 0 Å². The number of rotatable bonds is 3. The topological polar surface area (TPSA) is 15.3 Å². The van der Waals surface area contributed by atoms with Crippen molar-refractivity contribution in [1.29, 1.82) is 0 Å². The molecule has 0 saturated carbocycles. The smallest absolute Gasteiger partial charge is 0.0705 e. The van der Waals surface area contributed by atoms with Crippen LogP contribution in [0.3, 0.4) is 0 Å². The molecule has 1 aliphatic rings. The van der Waals surface area contributed by atoms with Crippen molar-refractivity contribution in [3.63, 3.8) is 0 Å². The van der Waals surface area contributed by atoms with Crippen molar-refractivity contribution in [3.05, 3.63) is 57.6 Å². The Balaban J connectivity index is 1.75. The van der Waals surface area contributed by atoms with Gasteiger partial charge < -0.3 is 5.32 Å². The fourth-order valence-corrected chi connectivity index (χ4v) is 5.15. The molecule has 1 N–H and O–H groups in total. The van der Waals surface area contributed by atoms with Gasteiger partial charge in [0.2, 0.25) is 0 Å². The lowest BCUT2D eigenvalue weighted by Gasteiger charge is -2.29. The fourth-order valence-electron chi connectivity index (χ4n) is 3.25. The van der Waals surface area contributed by atoms with E-state index in [0.29, 0.717) is 6.04 Å². The molecule has 2 aromatic heterocycles. The van der Waals surface area contributed by atoms with Gasteiger partial charge in [-0.25, -0.2) is 0 Å². The minimum absolute atomic E-state index is 0.406. The highest BCUT2D eigenvalue weighted by atomic mass is 32.1. The number of nitrogens with one attached hydrogen (secondary N) is 1. The number of benzene rings is 1. The standard InChI is InChI=1S/C18H20N2S2/c1-2-5-16-14(4-1)12-17(22-16)18(15-6-11-21-13-15)20-9-3-7-19-8-10-20/h1-2,4-6,11-13,18-19H,3,7-10H2.